The summed E-state index contributed by atoms with van der Waals surface area (Å²) in [6.07, 6.45) is 4.14. The molecule has 0 radical (unpaired) electrons. The number of hydrogen-bond donors (Lipinski definition) is 1. The van der Waals surface area contributed by atoms with Crippen molar-refractivity contribution in [1.82, 2.24) is 4.90 Å². The fourth-order valence-electron chi connectivity index (χ4n) is 2.60. The second-order valence-electron chi connectivity index (χ2n) is 4.62. The summed E-state index contributed by atoms with van der Waals surface area (Å²) in [5.74, 6) is 0.282. The van der Waals surface area contributed by atoms with Gasteiger partial charge in [-0.2, -0.15) is 0 Å². The molecule has 0 aromatic rings. The molecule has 2 unspecified atom stereocenters. The Labute approximate surface area is 79.3 Å². The van der Waals surface area contributed by atoms with Gasteiger partial charge in [0.2, 0.25) is 5.91 Å². The van der Waals surface area contributed by atoms with Crippen LogP contribution in [0.5, 0.6) is 0 Å². The van der Waals surface area contributed by atoms with Gasteiger partial charge in [0, 0.05) is 19.1 Å². The van der Waals surface area contributed by atoms with Crippen molar-refractivity contribution in [2.75, 3.05) is 7.05 Å². The van der Waals surface area contributed by atoms with Crippen LogP contribution >= 0.6 is 0 Å². The zero-order chi connectivity index (χ0) is 9.64. The Morgan fingerprint density at radius 2 is 2.15 bits per heavy atom. The van der Waals surface area contributed by atoms with Crippen LogP contribution in [0.1, 0.15) is 32.6 Å². The van der Waals surface area contributed by atoms with Crippen molar-refractivity contribution in [2.45, 2.75) is 44.7 Å². The number of carbonyl (C=O) groups excluding carboxylic acids is 1. The molecular formula is C10H18N2O. The van der Waals surface area contributed by atoms with Gasteiger partial charge in [0.15, 0.2) is 0 Å². The van der Waals surface area contributed by atoms with Crippen LogP contribution in [-0.4, -0.2) is 29.9 Å². The third-order valence-electron chi connectivity index (χ3n) is 3.96. The third kappa shape index (κ3) is 1.03. The van der Waals surface area contributed by atoms with E-state index in [1.54, 1.807) is 0 Å². The molecule has 0 bridgehead atoms. The lowest BCUT2D eigenvalue weighted by atomic mass is 9.60. The summed E-state index contributed by atoms with van der Waals surface area (Å²) < 4.78 is 0. The second-order valence-corrected chi connectivity index (χ2v) is 4.62. The average Bonchev–Trinajstić information content (AvgIpc) is 1.98. The van der Waals surface area contributed by atoms with E-state index in [0.717, 1.165) is 19.3 Å². The fraction of sp³-hybridized carbons (Fsp3) is 0.900. The molecule has 2 aliphatic rings. The average molecular weight is 182 g/mol. The largest absolute Gasteiger partial charge is 0.342 e. The summed E-state index contributed by atoms with van der Waals surface area (Å²) in [5.41, 5.74) is 5.91. The van der Waals surface area contributed by atoms with E-state index < -0.39 is 0 Å². The quantitative estimate of drug-likeness (QED) is 0.600. The van der Waals surface area contributed by atoms with Gasteiger partial charge in [0.1, 0.15) is 0 Å². The molecule has 3 heteroatoms. The van der Waals surface area contributed by atoms with Gasteiger partial charge in [0.05, 0.1) is 5.41 Å². The Morgan fingerprint density at radius 1 is 1.54 bits per heavy atom. The maximum Gasteiger partial charge on any atom is 0.230 e. The van der Waals surface area contributed by atoms with Crippen molar-refractivity contribution in [3.8, 4) is 0 Å². The minimum Gasteiger partial charge on any atom is -0.342 e. The number of carbonyl (C=O) groups is 1. The van der Waals surface area contributed by atoms with E-state index in [9.17, 15) is 4.79 Å². The molecule has 3 nitrogen and oxygen atoms in total. The van der Waals surface area contributed by atoms with Gasteiger partial charge in [0.25, 0.3) is 0 Å². The number of likely N-dealkylation sites (tertiary alicyclic amines) is 1. The third-order valence-corrected chi connectivity index (χ3v) is 3.96. The molecule has 1 heterocycles. The maximum atomic E-state index is 12.0. The lowest BCUT2D eigenvalue weighted by Crippen LogP contribution is -2.63. The molecule has 0 aromatic heterocycles. The molecule has 74 valence electrons. The van der Waals surface area contributed by atoms with Crippen molar-refractivity contribution in [3.63, 3.8) is 0 Å². The molecule has 1 amide bonds. The van der Waals surface area contributed by atoms with Crippen LogP contribution in [0.25, 0.3) is 0 Å². The molecule has 1 spiro atoms. The van der Waals surface area contributed by atoms with Crippen molar-refractivity contribution in [3.05, 3.63) is 0 Å². The van der Waals surface area contributed by atoms with Crippen molar-refractivity contribution in [2.24, 2.45) is 11.1 Å². The summed E-state index contributed by atoms with van der Waals surface area (Å²) in [5, 5.41) is 0. The molecule has 2 fully saturated rings. The molecule has 1 saturated heterocycles. The first kappa shape index (κ1) is 9.00. The molecule has 13 heavy (non-hydrogen) atoms. The van der Waals surface area contributed by atoms with E-state index in [0.29, 0.717) is 6.04 Å². The molecular weight excluding hydrogens is 164 g/mol. The van der Waals surface area contributed by atoms with Crippen LogP contribution in [0.4, 0.5) is 0 Å². The van der Waals surface area contributed by atoms with Crippen LogP contribution in [0.3, 0.4) is 0 Å². The first-order chi connectivity index (χ1) is 6.08. The Morgan fingerprint density at radius 3 is 2.62 bits per heavy atom. The molecule has 1 saturated carbocycles. The summed E-state index contributed by atoms with van der Waals surface area (Å²) >= 11 is 0. The van der Waals surface area contributed by atoms with Crippen molar-refractivity contribution >= 4 is 5.91 Å². The van der Waals surface area contributed by atoms with Crippen LogP contribution < -0.4 is 5.73 Å². The minimum atomic E-state index is -0.165. The maximum absolute atomic E-state index is 12.0. The highest BCUT2D eigenvalue weighted by Gasteiger charge is 2.53. The van der Waals surface area contributed by atoms with Crippen molar-refractivity contribution in [1.29, 1.82) is 0 Å². The summed E-state index contributed by atoms with van der Waals surface area (Å²) in [4.78, 5) is 13.9. The van der Waals surface area contributed by atoms with Gasteiger partial charge in [-0.05, 0) is 26.2 Å². The number of rotatable bonds is 0. The lowest BCUT2D eigenvalue weighted by molar-refractivity contribution is -0.156. The SMILES string of the molecule is CC1CC(N)C2(CCC2)C(=O)N1C. The normalized spacial score (nSPS) is 37.8. The molecule has 2 N–H and O–H groups in total. The van der Waals surface area contributed by atoms with Gasteiger partial charge in [-0.15, -0.1) is 0 Å². The van der Waals surface area contributed by atoms with Crippen LogP contribution in [-0.2, 0) is 4.79 Å². The number of piperidine rings is 1. The van der Waals surface area contributed by atoms with Crippen LogP contribution in [0.2, 0.25) is 0 Å². The summed E-state index contributed by atoms with van der Waals surface area (Å²) in [6.45, 7) is 2.07. The smallest absolute Gasteiger partial charge is 0.230 e. The predicted molar refractivity (Wildman–Crippen MR) is 51.1 cm³/mol. The van der Waals surface area contributed by atoms with E-state index in [2.05, 4.69) is 6.92 Å². The second kappa shape index (κ2) is 2.71. The minimum absolute atomic E-state index is 0.0972. The molecule has 2 rings (SSSR count). The van der Waals surface area contributed by atoms with E-state index in [-0.39, 0.29) is 17.4 Å². The molecule has 1 aliphatic carbocycles. The van der Waals surface area contributed by atoms with Gasteiger partial charge in [-0.1, -0.05) is 6.42 Å². The first-order valence-corrected chi connectivity index (χ1v) is 5.11. The first-order valence-electron chi connectivity index (χ1n) is 5.11. The highest BCUT2D eigenvalue weighted by Crippen LogP contribution is 2.48. The zero-order valence-electron chi connectivity index (χ0n) is 8.42. The Kier molecular flexibility index (Phi) is 1.88. The van der Waals surface area contributed by atoms with Gasteiger partial charge >= 0.3 is 0 Å². The fourth-order valence-corrected chi connectivity index (χ4v) is 2.60. The van der Waals surface area contributed by atoms with Crippen LogP contribution in [0, 0.1) is 5.41 Å². The van der Waals surface area contributed by atoms with E-state index in [1.807, 2.05) is 11.9 Å². The standard InChI is InChI=1S/C10H18N2O/c1-7-6-8(11)10(4-3-5-10)9(13)12(7)2/h7-8H,3-6,11H2,1-2H3. The Balaban J connectivity index is 2.23. The lowest BCUT2D eigenvalue weighted by Gasteiger charge is -2.52. The molecule has 0 aromatic carbocycles. The number of nitrogens with two attached hydrogens (primary N) is 1. The topological polar surface area (TPSA) is 46.3 Å². The molecule has 2 atom stereocenters. The highest BCUT2D eigenvalue weighted by atomic mass is 16.2. The Hall–Kier alpha value is -0.570. The van der Waals surface area contributed by atoms with Crippen molar-refractivity contribution < 1.29 is 4.79 Å². The van der Waals surface area contributed by atoms with E-state index >= 15 is 0 Å². The molecule has 1 aliphatic heterocycles. The number of amides is 1. The summed E-state index contributed by atoms with van der Waals surface area (Å²) in [6, 6.07) is 0.411. The summed E-state index contributed by atoms with van der Waals surface area (Å²) in [7, 11) is 1.90. The van der Waals surface area contributed by atoms with Gasteiger partial charge in [-0.3, -0.25) is 4.79 Å². The van der Waals surface area contributed by atoms with Gasteiger partial charge in [-0.25, -0.2) is 0 Å². The Bertz CT molecular complexity index is 235. The van der Waals surface area contributed by atoms with E-state index in [4.69, 9.17) is 5.73 Å². The monoisotopic (exact) mass is 182 g/mol. The number of hydrogen-bond acceptors (Lipinski definition) is 2. The zero-order valence-corrected chi connectivity index (χ0v) is 8.42. The van der Waals surface area contributed by atoms with E-state index in [1.165, 1.54) is 6.42 Å². The van der Waals surface area contributed by atoms with Crippen LogP contribution in [0.15, 0.2) is 0 Å². The van der Waals surface area contributed by atoms with Gasteiger partial charge < -0.3 is 10.6 Å². The number of nitrogens with zero attached hydrogens (tertiary/aromatic N) is 1. The highest BCUT2D eigenvalue weighted by molar-refractivity contribution is 5.85. The predicted octanol–water partition coefficient (Wildman–Crippen LogP) is 0.735.